The number of nitrogens with one attached hydrogen (secondary N) is 2. The summed E-state index contributed by atoms with van der Waals surface area (Å²) >= 11 is 0. The molecule has 3 rings (SSSR count). The van der Waals surface area contributed by atoms with Gasteiger partial charge in [-0.15, -0.1) is 0 Å². The molecule has 0 spiro atoms. The Kier molecular flexibility index (Phi) is 6.12. The molecule has 0 aliphatic rings. The van der Waals surface area contributed by atoms with Gasteiger partial charge in [0, 0.05) is 29.9 Å². The Morgan fingerprint density at radius 2 is 2.07 bits per heavy atom. The normalized spacial score (nSPS) is 11.7. The van der Waals surface area contributed by atoms with Crippen LogP contribution in [0.3, 0.4) is 0 Å². The first kappa shape index (κ1) is 19.9. The van der Waals surface area contributed by atoms with Crippen molar-refractivity contribution >= 4 is 11.9 Å². The third-order valence-corrected chi connectivity index (χ3v) is 4.11. The van der Waals surface area contributed by atoms with E-state index >= 15 is 0 Å². The second-order valence-corrected chi connectivity index (χ2v) is 6.12. The van der Waals surface area contributed by atoms with E-state index in [1.165, 1.54) is 50.0 Å². The van der Waals surface area contributed by atoms with Crippen LogP contribution >= 0.6 is 0 Å². The van der Waals surface area contributed by atoms with Crippen molar-refractivity contribution in [2.75, 3.05) is 7.11 Å². The number of carbonyl (C=O) groups is 2. The average molecular weight is 399 g/mol. The van der Waals surface area contributed by atoms with Crippen molar-refractivity contribution in [2.24, 2.45) is 0 Å². The van der Waals surface area contributed by atoms with Gasteiger partial charge in [-0.2, -0.15) is 5.10 Å². The topological polar surface area (TPSA) is 119 Å². The van der Waals surface area contributed by atoms with Gasteiger partial charge in [-0.05, 0) is 18.2 Å². The number of carbonyl (C=O) groups excluding carboxylic acids is 2. The molecule has 0 fully saturated rings. The Balaban J connectivity index is 1.77. The number of ether oxygens (including phenoxy) is 1. The predicted molar refractivity (Wildman–Crippen MR) is 100 cm³/mol. The van der Waals surface area contributed by atoms with Crippen molar-refractivity contribution < 1.29 is 18.7 Å². The van der Waals surface area contributed by atoms with Crippen LogP contribution in [-0.4, -0.2) is 44.8 Å². The highest BCUT2D eigenvalue weighted by Gasteiger charge is 2.23. The quantitative estimate of drug-likeness (QED) is 0.564. The lowest BCUT2D eigenvalue weighted by atomic mass is 10.1. The first-order valence-corrected chi connectivity index (χ1v) is 8.65. The van der Waals surface area contributed by atoms with Gasteiger partial charge in [-0.3, -0.25) is 9.59 Å². The monoisotopic (exact) mass is 399 g/mol. The van der Waals surface area contributed by atoms with Crippen molar-refractivity contribution in [3.05, 3.63) is 70.8 Å². The van der Waals surface area contributed by atoms with Crippen LogP contribution < -0.4 is 10.9 Å². The van der Waals surface area contributed by atoms with Gasteiger partial charge < -0.3 is 15.0 Å². The van der Waals surface area contributed by atoms with Crippen LogP contribution in [-0.2, 0) is 27.3 Å². The number of methoxy groups -OCH3 is 1. The number of amides is 1. The number of H-pyrrole nitrogens is 1. The van der Waals surface area contributed by atoms with Crippen LogP contribution in [0, 0.1) is 5.82 Å². The minimum Gasteiger partial charge on any atom is -0.467 e. The fourth-order valence-corrected chi connectivity index (χ4v) is 2.70. The molecule has 150 valence electrons. The summed E-state index contributed by atoms with van der Waals surface area (Å²) in [7, 11) is 1.21. The summed E-state index contributed by atoms with van der Waals surface area (Å²) in [6, 6.07) is 7.57. The highest BCUT2D eigenvalue weighted by molar-refractivity contribution is 5.84. The maximum Gasteiger partial charge on any atom is 0.328 e. The van der Waals surface area contributed by atoms with Crippen molar-refractivity contribution in [3.63, 3.8) is 0 Å². The number of hydrogen-bond acceptors (Lipinski definition) is 6. The van der Waals surface area contributed by atoms with Crippen molar-refractivity contribution in [3.8, 4) is 11.3 Å². The Morgan fingerprint density at radius 1 is 1.28 bits per heavy atom. The average Bonchev–Trinajstić information content (AvgIpc) is 3.22. The van der Waals surface area contributed by atoms with Crippen molar-refractivity contribution in [1.29, 1.82) is 0 Å². The second kappa shape index (κ2) is 8.91. The van der Waals surface area contributed by atoms with E-state index in [1.807, 2.05) is 0 Å². The summed E-state index contributed by atoms with van der Waals surface area (Å²) in [5.74, 6) is -1.77. The molecule has 0 saturated carbocycles. The van der Waals surface area contributed by atoms with E-state index in [0.717, 1.165) is 4.68 Å². The zero-order valence-electron chi connectivity index (χ0n) is 15.5. The highest BCUT2D eigenvalue weighted by atomic mass is 19.1. The van der Waals surface area contributed by atoms with Gasteiger partial charge in [0.05, 0.1) is 19.1 Å². The number of esters is 1. The summed E-state index contributed by atoms with van der Waals surface area (Å²) in [4.78, 5) is 43.2. The molecule has 0 unspecified atom stereocenters. The van der Waals surface area contributed by atoms with Gasteiger partial charge in [0.2, 0.25) is 5.91 Å². The van der Waals surface area contributed by atoms with E-state index in [0.29, 0.717) is 5.69 Å². The highest BCUT2D eigenvalue weighted by Crippen LogP contribution is 2.18. The zero-order chi connectivity index (χ0) is 20.8. The first-order valence-electron chi connectivity index (χ1n) is 8.65. The lowest BCUT2D eigenvalue weighted by Gasteiger charge is -2.16. The molecular formula is C19H18FN5O4. The van der Waals surface area contributed by atoms with Crippen LogP contribution in [0.5, 0.6) is 0 Å². The largest absolute Gasteiger partial charge is 0.467 e. The van der Waals surface area contributed by atoms with E-state index in [4.69, 9.17) is 4.74 Å². The maximum absolute atomic E-state index is 14.0. The van der Waals surface area contributed by atoms with Gasteiger partial charge >= 0.3 is 5.97 Å². The molecular weight excluding hydrogens is 381 g/mol. The summed E-state index contributed by atoms with van der Waals surface area (Å²) < 4.78 is 19.6. The minimum atomic E-state index is -0.974. The number of nitrogens with zero attached hydrogens (tertiary/aromatic N) is 3. The molecule has 1 atom stereocenters. The Bertz CT molecular complexity index is 1060. The van der Waals surface area contributed by atoms with Crippen LogP contribution in [0.25, 0.3) is 11.3 Å². The Morgan fingerprint density at radius 3 is 2.76 bits per heavy atom. The van der Waals surface area contributed by atoms with Crippen LogP contribution in [0.4, 0.5) is 4.39 Å². The second-order valence-electron chi connectivity index (χ2n) is 6.12. The van der Waals surface area contributed by atoms with Crippen molar-refractivity contribution in [1.82, 2.24) is 25.1 Å². The molecule has 29 heavy (non-hydrogen) atoms. The first-order chi connectivity index (χ1) is 14.0. The van der Waals surface area contributed by atoms with Gasteiger partial charge in [0.15, 0.2) is 0 Å². The molecule has 1 amide bonds. The molecule has 0 aliphatic heterocycles. The zero-order valence-corrected chi connectivity index (χ0v) is 15.5. The van der Waals surface area contributed by atoms with E-state index in [1.54, 1.807) is 6.07 Å². The maximum atomic E-state index is 14.0. The van der Waals surface area contributed by atoms with Gasteiger partial charge in [0.25, 0.3) is 5.56 Å². The molecule has 10 heteroatoms. The van der Waals surface area contributed by atoms with E-state index in [9.17, 15) is 18.8 Å². The lowest BCUT2D eigenvalue weighted by Crippen LogP contribution is -2.45. The number of rotatable bonds is 7. The summed E-state index contributed by atoms with van der Waals surface area (Å²) in [5, 5.41) is 6.58. The third kappa shape index (κ3) is 4.92. The van der Waals surface area contributed by atoms with Crippen LogP contribution in [0.2, 0.25) is 0 Å². The molecule has 0 saturated heterocycles. The molecule has 3 aromatic rings. The van der Waals surface area contributed by atoms with Crippen LogP contribution in [0.1, 0.15) is 5.69 Å². The SMILES string of the molecule is COC(=O)[C@H](Cc1cnc[nH]1)NC(=O)Cn1nc(-c2ccccc2F)ccc1=O. The molecule has 0 radical (unpaired) electrons. The summed E-state index contributed by atoms with van der Waals surface area (Å²) in [6.45, 7) is -0.447. The Labute approximate surface area is 164 Å². The lowest BCUT2D eigenvalue weighted by molar-refractivity contribution is -0.145. The van der Waals surface area contributed by atoms with E-state index in [2.05, 4.69) is 20.4 Å². The summed E-state index contributed by atoms with van der Waals surface area (Å²) in [6.07, 6.45) is 3.10. The fourth-order valence-electron chi connectivity index (χ4n) is 2.70. The van der Waals surface area contributed by atoms with Crippen molar-refractivity contribution in [2.45, 2.75) is 19.0 Å². The van der Waals surface area contributed by atoms with Crippen LogP contribution in [0.15, 0.2) is 53.7 Å². The summed E-state index contributed by atoms with van der Waals surface area (Å²) in [5.41, 5.74) is 0.492. The smallest absolute Gasteiger partial charge is 0.328 e. The number of aromatic amines is 1. The number of imidazole rings is 1. The predicted octanol–water partition coefficient (Wildman–Crippen LogP) is 0.673. The molecule has 2 aromatic heterocycles. The standard InChI is InChI=1S/C19H18FN5O4/c1-29-19(28)16(8-12-9-21-11-22-12)23-17(26)10-25-18(27)7-6-15(24-25)13-4-2-3-5-14(13)20/h2-7,9,11,16H,8,10H2,1H3,(H,21,22)(H,23,26)/t16-/m0/s1. The molecule has 1 aromatic carbocycles. The number of aromatic nitrogens is 4. The third-order valence-electron chi connectivity index (χ3n) is 4.11. The van der Waals surface area contributed by atoms with E-state index < -0.39 is 35.8 Å². The fraction of sp³-hybridized carbons (Fsp3) is 0.211. The van der Waals surface area contributed by atoms with Gasteiger partial charge in [-0.1, -0.05) is 12.1 Å². The number of hydrogen-bond donors (Lipinski definition) is 2. The van der Waals surface area contributed by atoms with Gasteiger partial charge in [0.1, 0.15) is 18.4 Å². The Hall–Kier alpha value is -3.82. The van der Waals surface area contributed by atoms with Gasteiger partial charge in [-0.25, -0.2) is 18.9 Å². The molecule has 2 heterocycles. The molecule has 0 bridgehead atoms. The number of benzene rings is 1. The van der Waals surface area contributed by atoms with E-state index in [-0.39, 0.29) is 17.7 Å². The molecule has 9 nitrogen and oxygen atoms in total. The number of halogens is 1. The minimum absolute atomic E-state index is 0.135. The molecule has 2 N–H and O–H groups in total. The molecule has 0 aliphatic carbocycles.